The topological polar surface area (TPSA) is 26.3 Å². The van der Waals surface area contributed by atoms with E-state index >= 15 is 0 Å². The Hall–Kier alpha value is -1.32. The molecule has 0 amide bonds. The Morgan fingerprint density at radius 2 is 1.75 bits per heavy atom. The Morgan fingerprint density at radius 3 is 2.25 bits per heavy atom. The summed E-state index contributed by atoms with van der Waals surface area (Å²) in [5, 5.41) is 0.427. The van der Waals surface area contributed by atoms with Crippen molar-refractivity contribution in [1.29, 1.82) is 0 Å². The zero-order chi connectivity index (χ0) is 14.9. The average molecular weight is 354 g/mol. The molecule has 2 nitrogen and oxygen atoms in total. The van der Waals surface area contributed by atoms with Gasteiger partial charge in [-0.05, 0) is 62.2 Å². The van der Waals surface area contributed by atoms with Gasteiger partial charge in [-0.1, -0.05) is 27.5 Å². The summed E-state index contributed by atoms with van der Waals surface area (Å²) in [5.41, 5.74) is 2.76. The number of ketones is 1. The van der Waals surface area contributed by atoms with Gasteiger partial charge in [-0.2, -0.15) is 0 Å². The molecule has 4 heteroatoms. The number of hydrogen-bond acceptors (Lipinski definition) is 2. The largest absolute Gasteiger partial charge is 0.456 e. The molecule has 2 aromatic carbocycles. The summed E-state index contributed by atoms with van der Waals surface area (Å²) >= 11 is 9.67. The molecule has 0 aliphatic carbocycles. The lowest BCUT2D eigenvalue weighted by molar-refractivity contribution is 0.101. The van der Waals surface area contributed by atoms with Gasteiger partial charge in [-0.3, -0.25) is 4.79 Å². The van der Waals surface area contributed by atoms with E-state index in [0.717, 1.165) is 21.3 Å². The molecule has 0 unspecified atom stereocenters. The quantitative estimate of drug-likeness (QED) is 0.660. The van der Waals surface area contributed by atoms with E-state index in [2.05, 4.69) is 15.9 Å². The molecule has 20 heavy (non-hydrogen) atoms. The number of carbonyl (C=O) groups is 1. The summed E-state index contributed by atoms with van der Waals surface area (Å²) in [7, 11) is 0. The first-order valence-corrected chi connectivity index (χ1v) is 7.30. The van der Waals surface area contributed by atoms with E-state index in [4.69, 9.17) is 16.3 Å². The Labute approximate surface area is 131 Å². The Bertz CT molecular complexity index is 657. The van der Waals surface area contributed by atoms with Crippen LogP contribution in [-0.4, -0.2) is 5.78 Å². The van der Waals surface area contributed by atoms with E-state index in [9.17, 15) is 4.79 Å². The monoisotopic (exact) mass is 352 g/mol. The van der Waals surface area contributed by atoms with Crippen LogP contribution in [-0.2, 0) is 0 Å². The lowest BCUT2D eigenvalue weighted by Crippen LogP contribution is -1.93. The molecule has 0 saturated carbocycles. The van der Waals surface area contributed by atoms with Crippen LogP contribution in [0.2, 0.25) is 5.02 Å². The first-order chi connectivity index (χ1) is 9.38. The SMILES string of the molecule is CC(=O)c1ccc(Oc2cc(C)c(Br)c(C)c2)c(Cl)c1. The standard InChI is InChI=1S/C16H14BrClO2/c1-9-6-13(7-10(2)16(9)17)20-15-5-4-12(11(3)19)8-14(15)18/h4-8H,1-3H3. The van der Waals surface area contributed by atoms with Gasteiger partial charge >= 0.3 is 0 Å². The molecule has 2 aromatic rings. The fraction of sp³-hybridized carbons (Fsp3) is 0.188. The fourth-order valence-corrected chi connectivity index (χ4v) is 2.34. The minimum atomic E-state index is -0.0196. The molecule has 0 aromatic heterocycles. The minimum absolute atomic E-state index is 0.0196. The number of Topliss-reactive ketones (excluding diaryl/α,β-unsaturated/α-hetero) is 1. The van der Waals surface area contributed by atoms with Crippen molar-refractivity contribution in [2.45, 2.75) is 20.8 Å². The van der Waals surface area contributed by atoms with Gasteiger partial charge in [-0.25, -0.2) is 0 Å². The number of halogens is 2. The zero-order valence-corrected chi connectivity index (χ0v) is 13.8. The van der Waals surface area contributed by atoms with Gasteiger partial charge in [0.1, 0.15) is 11.5 Å². The number of ether oxygens (including phenoxy) is 1. The molecular weight excluding hydrogens is 340 g/mol. The van der Waals surface area contributed by atoms with Crippen molar-refractivity contribution in [2.75, 3.05) is 0 Å². The smallest absolute Gasteiger partial charge is 0.159 e. The third-order valence-corrected chi connectivity index (χ3v) is 4.52. The van der Waals surface area contributed by atoms with Crippen molar-refractivity contribution >= 4 is 33.3 Å². The van der Waals surface area contributed by atoms with E-state index in [1.807, 2.05) is 26.0 Å². The highest BCUT2D eigenvalue weighted by atomic mass is 79.9. The molecule has 0 spiro atoms. The molecule has 2 rings (SSSR count). The maximum atomic E-state index is 11.3. The van der Waals surface area contributed by atoms with Crippen LogP contribution in [0.5, 0.6) is 11.5 Å². The predicted molar refractivity (Wildman–Crippen MR) is 85.1 cm³/mol. The van der Waals surface area contributed by atoms with E-state index in [0.29, 0.717) is 16.3 Å². The van der Waals surface area contributed by atoms with Crippen molar-refractivity contribution in [2.24, 2.45) is 0 Å². The van der Waals surface area contributed by atoms with E-state index < -0.39 is 0 Å². The predicted octanol–water partition coefficient (Wildman–Crippen LogP) is 5.71. The van der Waals surface area contributed by atoms with Gasteiger partial charge in [-0.15, -0.1) is 0 Å². The van der Waals surface area contributed by atoms with Crippen LogP contribution in [0.4, 0.5) is 0 Å². The highest BCUT2D eigenvalue weighted by molar-refractivity contribution is 9.10. The van der Waals surface area contributed by atoms with Crippen molar-refractivity contribution in [3.8, 4) is 11.5 Å². The molecule has 0 N–H and O–H groups in total. The number of hydrogen-bond donors (Lipinski definition) is 0. The van der Waals surface area contributed by atoms with E-state index in [1.165, 1.54) is 6.92 Å². The summed E-state index contributed by atoms with van der Waals surface area (Å²) < 4.78 is 6.87. The highest BCUT2D eigenvalue weighted by Crippen LogP contribution is 2.33. The summed E-state index contributed by atoms with van der Waals surface area (Å²) in [6, 6.07) is 8.92. The van der Waals surface area contributed by atoms with Crippen molar-refractivity contribution in [1.82, 2.24) is 0 Å². The maximum absolute atomic E-state index is 11.3. The first-order valence-electron chi connectivity index (χ1n) is 6.13. The van der Waals surface area contributed by atoms with Gasteiger partial charge < -0.3 is 4.74 Å². The number of rotatable bonds is 3. The van der Waals surface area contributed by atoms with E-state index in [-0.39, 0.29) is 5.78 Å². The summed E-state index contributed by atoms with van der Waals surface area (Å²) in [6.45, 7) is 5.52. The van der Waals surface area contributed by atoms with Gasteiger partial charge in [0.05, 0.1) is 5.02 Å². The van der Waals surface area contributed by atoms with Gasteiger partial charge in [0, 0.05) is 10.0 Å². The van der Waals surface area contributed by atoms with Crippen LogP contribution in [0, 0.1) is 13.8 Å². The molecule has 0 aliphatic heterocycles. The molecule has 104 valence electrons. The second-order valence-electron chi connectivity index (χ2n) is 4.67. The zero-order valence-electron chi connectivity index (χ0n) is 11.5. The highest BCUT2D eigenvalue weighted by Gasteiger charge is 2.09. The lowest BCUT2D eigenvalue weighted by atomic mass is 10.1. The molecule has 0 atom stereocenters. The van der Waals surface area contributed by atoms with Crippen LogP contribution in [0.25, 0.3) is 0 Å². The van der Waals surface area contributed by atoms with Gasteiger partial charge in [0.15, 0.2) is 5.78 Å². The Kier molecular flexibility index (Phi) is 4.51. The Balaban J connectivity index is 2.33. The third-order valence-electron chi connectivity index (χ3n) is 2.98. The summed E-state index contributed by atoms with van der Waals surface area (Å²) in [4.78, 5) is 11.3. The summed E-state index contributed by atoms with van der Waals surface area (Å²) in [5.74, 6) is 1.24. The number of benzene rings is 2. The van der Waals surface area contributed by atoms with E-state index in [1.54, 1.807) is 18.2 Å². The van der Waals surface area contributed by atoms with Crippen LogP contribution in [0.3, 0.4) is 0 Å². The molecular formula is C16H14BrClO2. The fourth-order valence-electron chi connectivity index (χ4n) is 1.89. The molecule has 0 saturated heterocycles. The molecule has 0 radical (unpaired) electrons. The van der Waals surface area contributed by atoms with Crippen LogP contribution < -0.4 is 4.74 Å². The normalized spacial score (nSPS) is 10.4. The molecule has 0 heterocycles. The van der Waals surface area contributed by atoms with Crippen molar-refractivity contribution in [3.63, 3.8) is 0 Å². The lowest BCUT2D eigenvalue weighted by Gasteiger charge is -2.11. The van der Waals surface area contributed by atoms with Gasteiger partial charge in [0.2, 0.25) is 0 Å². The second kappa shape index (κ2) is 5.98. The van der Waals surface area contributed by atoms with Gasteiger partial charge in [0.25, 0.3) is 0 Å². The minimum Gasteiger partial charge on any atom is -0.456 e. The Morgan fingerprint density at radius 1 is 1.15 bits per heavy atom. The van der Waals surface area contributed by atoms with Crippen LogP contribution in [0.1, 0.15) is 28.4 Å². The van der Waals surface area contributed by atoms with Crippen molar-refractivity contribution < 1.29 is 9.53 Å². The number of carbonyl (C=O) groups excluding carboxylic acids is 1. The second-order valence-corrected chi connectivity index (χ2v) is 5.87. The third kappa shape index (κ3) is 3.22. The molecule has 0 fully saturated rings. The van der Waals surface area contributed by atoms with Crippen LogP contribution >= 0.6 is 27.5 Å². The average Bonchev–Trinajstić information content (AvgIpc) is 2.38. The summed E-state index contributed by atoms with van der Waals surface area (Å²) in [6.07, 6.45) is 0. The molecule has 0 bridgehead atoms. The maximum Gasteiger partial charge on any atom is 0.159 e. The molecule has 0 aliphatic rings. The van der Waals surface area contributed by atoms with Crippen molar-refractivity contribution in [3.05, 3.63) is 56.5 Å². The first kappa shape index (κ1) is 15.1. The van der Waals surface area contributed by atoms with Crippen LogP contribution in [0.15, 0.2) is 34.8 Å². The number of aryl methyl sites for hydroxylation is 2.